The number of rotatable bonds is 3. The summed E-state index contributed by atoms with van der Waals surface area (Å²) in [6.45, 7) is 7.05. The maximum Gasteiger partial charge on any atom is 0.225 e. The van der Waals surface area contributed by atoms with Crippen molar-refractivity contribution in [3.63, 3.8) is 0 Å². The summed E-state index contributed by atoms with van der Waals surface area (Å²) in [6.07, 6.45) is 4.39. The Hall–Kier alpha value is -1.06. The van der Waals surface area contributed by atoms with Gasteiger partial charge in [0.2, 0.25) is 5.91 Å². The summed E-state index contributed by atoms with van der Waals surface area (Å²) in [5.41, 5.74) is 1.18. The van der Waals surface area contributed by atoms with Gasteiger partial charge >= 0.3 is 0 Å². The zero-order valence-corrected chi connectivity index (χ0v) is 14.8. The standard InChI is InChI=1S/C19H27ClN2O/c1-15-5-4-10-22(13-15)19(23)16-8-11-21(12-9-16)14-17-6-2-3-7-18(17)20/h2-3,6-7,15-16H,4-5,8-14H2,1H3/t15-/m1/s1. The third-order valence-electron chi connectivity index (χ3n) is 5.26. The van der Waals surface area contributed by atoms with Crippen molar-refractivity contribution in [2.24, 2.45) is 11.8 Å². The predicted octanol–water partition coefficient (Wildman–Crippen LogP) is 3.81. The number of hydrogen-bond acceptors (Lipinski definition) is 2. The molecule has 1 aromatic rings. The highest BCUT2D eigenvalue weighted by Crippen LogP contribution is 2.25. The van der Waals surface area contributed by atoms with Crippen LogP contribution in [0.1, 0.15) is 38.2 Å². The lowest BCUT2D eigenvalue weighted by Gasteiger charge is -2.37. The molecule has 23 heavy (non-hydrogen) atoms. The van der Waals surface area contributed by atoms with Gasteiger partial charge < -0.3 is 4.90 Å². The number of likely N-dealkylation sites (tertiary alicyclic amines) is 2. The number of nitrogens with zero attached hydrogens (tertiary/aromatic N) is 2. The van der Waals surface area contributed by atoms with Crippen LogP contribution in [0.25, 0.3) is 0 Å². The van der Waals surface area contributed by atoms with Gasteiger partial charge in [0.25, 0.3) is 0 Å². The smallest absolute Gasteiger partial charge is 0.225 e. The monoisotopic (exact) mass is 334 g/mol. The minimum atomic E-state index is 0.225. The van der Waals surface area contributed by atoms with E-state index in [0.29, 0.717) is 11.8 Å². The molecule has 3 rings (SSSR count). The zero-order valence-electron chi connectivity index (χ0n) is 14.0. The lowest BCUT2D eigenvalue weighted by molar-refractivity contribution is -0.138. The maximum absolute atomic E-state index is 12.7. The first kappa shape index (κ1) is 16.8. The van der Waals surface area contributed by atoms with Gasteiger partial charge in [0, 0.05) is 30.6 Å². The number of carbonyl (C=O) groups excluding carboxylic acids is 1. The summed E-state index contributed by atoms with van der Waals surface area (Å²) in [5, 5.41) is 0.841. The molecular formula is C19H27ClN2O. The van der Waals surface area contributed by atoms with E-state index >= 15 is 0 Å². The molecule has 2 saturated heterocycles. The Labute approximate surface area is 144 Å². The molecule has 3 nitrogen and oxygen atoms in total. The van der Waals surface area contributed by atoms with Crippen LogP contribution in [-0.4, -0.2) is 41.9 Å². The van der Waals surface area contributed by atoms with Gasteiger partial charge in [0.05, 0.1) is 0 Å². The Balaban J connectivity index is 1.50. The van der Waals surface area contributed by atoms with Crippen LogP contribution in [0.3, 0.4) is 0 Å². The highest BCUT2D eigenvalue weighted by Gasteiger charge is 2.30. The number of carbonyl (C=O) groups is 1. The predicted molar refractivity (Wildman–Crippen MR) is 94.4 cm³/mol. The molecular weight excluding hydrogens is 308 g/mol. The SMILES string of the molecule is C[C@@H]1CCCN(C(=O)C2CCN(Cc3ccccc3Cl)CC2)C1. The second-order valence-electron chi connectivity index (χ2n) is 7.17. The number of benzene rings is 1. The van der Waals surface area contributed by atoms with Crippen LogP contribution in [0.2, 0.25) is 5.02 Å². The molecule has 2 heterocycles. The summed E-state index contributed by atoms with van der Waals surface area (Å²) in [5.74, 6) is 1.28. The van der Waals surface area contributed by atoms with Gasteiger partial charge in [0.1, 0.15) is 0 Å². The Morgan fingerprint density at radius 1 is 1.17 bits per heavy atom. The molecule has 0 unspecified atom stereocenters. The van der Waals surface area contributed by atoms with Crippen LogP contribution in [-0.2, 0) is 11.3 Å². The van der Waals surface area contributed by atoms with Crippen LogP contribution >= 0.6 is 11.6 Å². The minimum Gasteiger partial charge on any atom is -0.342 e. The molecule has 0 aliphatic carbocycles. The number of hydrogen-bond donors (Lipinski definition) is 0. The van der Waals surface area contributed by atoms with Crippen LogP contribution in [0.15, 0.2) is 24.3 Å². The van der Waals surface area contributed by atoms with E-state index in [1.54, 1.807) is 0 Å². The zero-order chi connectivity index (χ0) is 16.2. The quantitative estimate of drug-likeness (QED) is 0.839. The molecule has 126 valence electrons. The average molecular weight is 335 g/mol. The molecule has 0 radical (unpaired) electrons. The topological polar surface area (TPSA) is 23.6 Å². The molecule has 0 aromatic heterocycles. The molecule has 0 N–H and O–H groups in total. The van der Waals surface area contributed by atoms with Crippen molar-refractivity contribution >= 4 is 17.5 Å². The first-order valence-electron chi connectivity index (χ1n) is 8.88. The average Bonchev–Trinajstić information content (AvgIpc) is 2.57. The van der Waals surface area contributed by atoms with E-state index in [4.69, 9.17) is 11.6 Å². The third-order valence-corrected chi connectivity index (χ3v) is 5.63. The third kappa shape index (κ3) is 4.27. The fraction of sp³-hybridized carbons (Fsp3) is 0.632. The molecule has 0 saturated carbocycles. The van der Waals surface area contributed by atoms with Gasteiger partial charge in [0.15, 0.2) is 0 Å². The van der Waals surface area contributed by atoms with E-state index in [9.17, 15) is 4.79 Å². The summed E-state index contributed by atoms with van der Waals surface area (Å²) < 4.78 is 0. The highest BCUT2D eigenvalue weighted by molar-refractivity contribution is 6.31. The number of halogens is 1. The van der Waals surface area contributed by atoms with Crippen molar-refractivity contribution < 1.29 is 4.79 Å². The van der Waals surface area contributed by atoms with E-state index in [1.807, 2.05) is 18.2 Å². The molecule has 1 aromatic carbocycles. The Bertz CT molecular complexity index is 540. The Morgan fingerprint density at radius 3 is 2.61 bits per heavy atom. The van der Waals surface area contributed by atoms with Gasteiger partial charge in [-0.3, -0.25) is 9.69 Å². The summed E-state index contributed by atoms with van der Waals surface area (Å²) in [6, 6.07) is 8.05. The maximum atomic E-state index is 12.7. The lowest BCUT2D eigenvalue weighted by Crippen LogP contribution is -2.45. The van der Waals surface area contributed by atoms with Gasteiger partial charge in [-0.05, 0) is 56.3 Å². The fourth-order valence-corrected chi connectivity index (χ4v) is 4.05. The first-order valence-corrected chi connectivity index (χ1v) is 9.26. The Morgan fingerprint density at radius 2 is 1.91 bits per heavy atom. The summed E-state index contributed by atoms with van der Waals surface area (Å²) in [7, 11) is 0. The van der Waals surface area contributed by atoms with E-state index < -0.39 is 0 Å². The molecule has 4 heteroatoms. The summed E-state index contributed by atoms with van der Waals surface area (Å²) >= 11 is 6.25. The van der Waals surface area contributed by atoms with E-state index in [1.165, 1.54) is 12.0 Å². The van der Waals surface area contributed by atoms with E-state index in [2.05, 4.69) is 22.8 Å². The van der Waals surface area contributed by atoms with Gasteiger partial charge in [-0.25, -0.2) is 0 Å². The molecule has 0 spiro atoms. The van der Waals surface area contributed by atoms with Crippen molar-refractivity contribution in [3.05, 3.63) is 34.9 Å². The van der Waals surface area contributed by atoms with Gasteiger partial charge in [-0.1, -0.05) is 36.7 Å². The first-order chi connectivity index (χ1) is 11.1. The van der Waals surface area contributed by atoms with Crippen molar-refractivity contribution in [3.8, 4) is 0 Å². The molecule has 0 bridgehead atoms. The molecule has 2 aliphatic heterocycles. The number of amides is 1. The Kier molecular flexibility index (Phi) is 5.60. The molecule has 2 fully saturated rings. The van der Waals surface area contributed by atoms with E-state index in [0.717, 1.165) is 57.0 Å². The van der Waals surface area contributed by atoms with Gasteiger partial charge in [-0.15, -0.1) is 0 Å². The van der Waals surface area contributed by atoms with Crippen LogP contribution in [0.4, 0.5) is 0 Å². The second-order valence-corrected chi connectivity index (χ2v) is 7.58. The van der Waals surface area contributed by atoms with Crippen molar-refractivity contribution in [2.75, 3.05) is 26.2 Å². The van der Waals surface area contributed by atoms with Gasteiger partial charge in [-0.2, -0.15) is 0 Å². The van der Waals surface area contributed by atoms with Crippen LogP contribution in [0, 0.1) is 11.8 Å². The number of piperidine rings is 2. The van der Waals surface area contributed by atoms with Crippen molar-refractivity contribution in [2.45, 2.75) is 39.2 Å². The largest absolute Gasteiger partial charge is 0.342 e. The lowest BCUT2D eigenvalue weighted by atomic mass is 9.92. The molecule has 2 aliphatic rings. The highest BCUT2D eigenvalue weighted by atomic mass is 35.5. The second kappa shape index (κ2) is 7.67. The van der Waals surface area contributed by atoms with Crippen LogP contribution < -0.4 is 0 Å². The minimum absolute atomic E-state index is 0.225. The fourth-order valence-electron chi connectivity index (χ4n) is 3.85. The van der Waals surface area contributed by atoms with E-state index in [-0.39, 0.29) is 5.92 Å². The molecule has 1 amide bonds. The summed E-state index contributed by atoms with van der Waals surface area (Å²) in [4.78, 5) is 17.2. The normalized spacial score (nSPS) is 23.9. The van der Waals surface area contributed by atoms with Crippen molar-refractivity contribution in [1.82, 2.24) is 9.80 Å². The van der Waals surface area contributed by atoms with Crippen molar-refractivity contribution in [1.29, 1.82) is 0 Å². The van der Waals surface area contributed by atoms with Crippen LogP contribution in [0.5, 0.6) is 0 Å². The molecule has 1 atom stereocenters.